The van der Waals surface area contributed by atoms with Crippen molar-refractivity contribution < 1.29 is 22.8 Å². The number of imide groups is 1. The fourth-order valence-electron chi connectivity index (χ4n) is 3.81. The number of amides is 3. The molecule has 0 unspecified atom stereocenters. The normalized spacial score (nSPS) is 20.0. The second-order valence-electron chi connectivity index (χ2n) is 7.30. The SMILES string of the molecule is O=C(NC(=O)c1cccc(C(F)(F)F)c1)NC1CCN(C2CCNCC2)CC1. The van der Waals surface area contributed by atoms with Gasteiger partial charge in [-0.2, -0.15) is 13.2 Å². The van der Waals surface area contributed by atoms with Crippen molar-refractivity contribution >= 4 is 11.9 Å². The van der Waals surface area contributed by atoms with Crippen molar-refractivity contribution in [1.29, 1.82) is 0 Å². The number of rotatable bonds is 3. The first-order chi connectivity index (χ1) is 13.3. The Labute approximate surface area is 161 Å². The van der Waals surface area contributed by atoms with Gasteiger partial charge in [-0.05, 0) is 57.0 Å². The molecule has 0 aromatic heterocycles. The molecule has 2 fully saturated rings. The molecule has 2 aliphatic rings. The van der Waals surface area contributed by atoms with E-state index in [0.717, 1.165) is 70.1 Å². The highest BCUT2D eigenvalue weighted by Gasteiger charge is 2.31. The maximum Gasteiger partial charge on any atom is 0.416 e. The summed E-state index contributed by atoms with van der Waals surface area (Å²) in [5, 5.41) is 8.22. The van der Waals surface area contributed by atoms with Crippen LogP contribution in [-0.4, -0.2) is 55.1 Å². The zero-order valence-corrected chi connectivity index (χ0v) is 15.5. The summed E-state index contributed by atoms with van der Waals surface area (Å²) in [5.74, 6) is -0.851. The van der Waals surface area contributed by atoms with E-state index in [1.165, 1.54) is 6.07 Å². The lowest BCUT2D eigenvalue weighted by Crippen LogP contribution is -2.52. The summed E-state index contributed by atoms with van der Waals surface area (Å²) in [6.07, 6.45) is -0.709. The fraction of sp³-hybridized carbons (Fsp3) is 0.579. The largest absolute Gasteiger partial charge is 0.416 e. The van der Waals surface area contributed by atoms with Gasteiger partial charge >= 0.3 is 12.2 Å². The lowest BCUT2D eigenvalue weighted by molar-refractivity contribution is -0.137. The quantitative estimate of drug-likeness (QED) is 0.731. The van der Waals surface area contributed by atoms with Gasteiger partial charge in [-0.25, -0.2) is 4.79 Å². The maximum atomic E-state index is 12.8. The maximum absolute atomic E-state index is 12.8. The number of carbonyl (C=O) groups is 2. The molecule has 2 saturated heterocycles. The number of likely N-dealkylation sites (tertiary alicyclic amines) is 1. The molecule has 2 aliphatic heterocycles. The zero-order chi connectivity index (χ0) is 20.1. The van der Waals surface area contributed by atoms with Crippen LogP contribution in [-0.2, 0) is 6.18 Å². The monoisotopic (exact) mass is 398 g/mol. The number of alkyl halides is 3. The molecule has 0 atom stereocenters. The lowest BCUT2D eigenvalue weighted by Gasteiger charge is -2.39. The molecule has 0 saturated carbocycles. The van der Waals surface area contributed by atoms with Crippen molar-refractivity contribution in [3.05, 3.63) is 35.4 Å². The molecule has 0 aliphatic carbocycles. The molecule has 0 bridgehead atoms. The number of urea groups is 1. The second-order valence-corrected chi connectivity index (χ2v) is 7.30. The van der Waals surface area contributed by atoms with Crippen molar-refractivity contribution in [2.24, 2.45) is 0 Å². The summed E-state index contributed by atoms with van der Waals surface area (Å²) in [7, 11) is 0. The Balaban J connectivity index is 1.46. The lowest BCUT2D eigenvalue weighted by atomic mass is 9.99. The van der Waals surface area contributed by atoms with Crippen LogP contribution in [0.1, 0.15) is 41.6 Å². The minimum absolute atomic E-state index is 0.0488. The smallest absolute Gasteiger partial charge is 0.335 e. The Morgan fingerprint density at radius 2 is 1.75 bits per heavy atom. The standard InChI is InChI=1S/C19H25F3N4O2/c20-19(21,22)14-3-1-2-13(12-14)17(27)25-18(28)24-15-6-10-26(11-7-15)16-4-8-23-9-5-16/h1-3,12,15-16,23H,4-11H2,(H2,24,25,27,28). The van der Waals surface area contributed by atoms with Gasteiger partial charge in [0.25, 0.3) is 5.91 Å². The van der Waals surface area contributed by atoms with Crippen molar-refractivity contribution in [1.82, 2.24) is 20.9 Å². The third-order valence-corrected chi connectivity index (χ3v) is 5.37. The van der Waals surface area contributed by atoms with Crippen molar-refractivity contribution in [2.75, 3.05) is 26.2 Å². The molecule has 3 rings (SSSR count). The van der Waals surface area contributed by atoms with Crippen LogP contribution in [0.25, 0.3) is 0 Å². The first kappa shape index (κ1) is 20.6. The van der Waals surface area contributed by atoms with Gasteiger partial charge in [-0.15, -0.1) is 0 Å². The second kappa shape index (κ2) is 8.91. The number of benzene rings is 1. The van der Waals surface area contributed by atoms with E-state index < -0.39 is 23.7 Å². The zero-order valence-electron chi connectivity index (χ0n) is 15.5. The van der Waals surface area contributed by atoms with Crippen LogP contribution in [0, 0.1) is 0 Å². The third-order valence-electron chi connectivity index (χ3n) is 5.37. The van der Waals surface area contributed by atoms with E-state index >= 15 is 0 Å². The summed E-state index contributed by atoms with van der Waals surface area (Å²) < 4.78 is 38.3. The van der Waals surface area contributed by atoms with Gasteiger partial charge in [0.15, 0.2) is 0 Å². The van der Waals surface area contributed by atoms with Crippen LogP contribution < -0.4 is 16.0 Å². The number of nitrogens with one attached hydrogen (secondary N) is 3. The fourth-order valence-corrected chi connectivity index (χ4v) is 3.81. The van der Waals surface area contributed by atoms with E-state index in [1.54, 1.807) is 0 Å². The molecule has 6 nitrogen and oxygen atoms in total. The minimum Gasteiger partial charge on any atom is -0.335 e. The number of piperidine rings is 2. The molecule has 0 radical (unpaired) electrons. The molecular weight excluding hydrogens is 373 g/mol. The minimum atomic E-state index is -4.54. The summed E-state index contributed by atoms with van der Waals surface area (Å²) in [6, 6.07) is 3.86. The van der Waals surface area contributed by atoms with E-state index in [9.17, 15) is 22.8 Å². The molecule has 28 heavy (non-hydrogen) atoms. The van der Waals surface area contributed by atoms with Gasteiger partial charge in [0.2, 0.25) is 0 Å². The summed E-state index contributed by atoms with van der Waals surface area (Å²) >= 11 is 0. The van der Waals surface area contributed by atoms with E-state index in [0.29, 0.717) is 6.04 Å². The Bertz CT molecular complexity index is 697. The van der Waals surface area contributed by atoms with Gasteiger partial charge in [-0.3, -0.25) is 10.1 Å². The molecule has 0 spiro atoms. The predicted molar refractivity (Wildman–Crippen MR) is 97.9 cm³/mol. The topological polar surface area (TPSA) is 73.5 Å². The van der Waals surface area contributed by atoms with E-state index in [4.69, 9.17) is 0 Å². The van der Waals surface area contributed by atoms with Gasteiger partial charge in [0.1, 0.15) is 0 Å². The molecular formula is C19H25F3N4O2. The highest BCUT2D eigenvalue weighted by Crippen LogP contribution is 2.29. The van der Waals surface area contributed by atoms with Gasteiger partial charge < -0.3 is 15.5 Å². The number of hydrogen-bond donors (Lipinski definition) is 3. The third kappa shape index (κ3) is 5.45. The molecule has 154 valence electrons. The van der Waals surface area contributed by atoms with Crippen molar-refractivity contribution in [3.8, 4) is 0 Å². The molecule has 3 N–H and O–H groups in total. The van der Waals surface area contributed by atoms with E-state index in [-0.39, 0.29) is 11.6 Å². The van der Waals surface area contributed by atoms with E-state index in [2.05, 4.69) is 20.9 Å². The highest BCUT2D eigenvalue weighted by molar-refractivity contribution is 6.04. The van der Waals surface area contributed by atoms with Crippen LogP contribution in [0.5, 0.6) is 0 Å². The predicted octanol–water partition coefficient (Wildman–Crippen LogP) is 2.36. The van der Waals surface area contributed by atoms with Crippen LogP contribution in [0.3, 0.4) is 0 Å². The number of hydrogen-bond acceptors (Lipinski definition) is 4. The number of nitrogens with zero attached hydrogens (tertiary/aromatic N) is 1. The van der Waals surface area contributed by atoms with Gasteiger partial charge in [0, 0.05) is 30.7 Å². The van der Waals surface area contributed by atoms with Gasteiger partial charge in [-0.1, -0.05) is 6.07 Å². The number of carbonyl (C=O) groups excluding carboxylic acids is 2. The molecule has 1 aromatic carbocycles. The highest BCUT2D eigenvalue weighted by atomic mass is 19.4. The first-order valence-electron chi connectivity index (χ1n) is 9.57. The summed E-state index contributed by atoms with van der Waals surface area (Å²) in [4.78, 5) is 26.6. The van der Waals surface area contributed by atoms with Crippen LogP contribution in [0.2, 0.25) is 0 Å². The average molecular weight is 398 g/mol. The average Bonchev–Trinajstić information content (AvgIpc) is 2.68. The first-order valence-corrected chi connectivity index (χ1v) is 9.57. The van der Waals surface area contributed by atoms with Gasteiger partial charge in [0.05, 0.1) is 5.56 Å². The summed E-state index contributed by atoms with van der Waals surface area (Å²) in [5.41, 5.74) is -1.13. The number of halogens is 3. The molecule has 9 heteroatoms. The molecule has 1 aromatic rings. The summed E-state index contributed by atoms with van der Waals surface area (Å²) in [6.45, 7) is 3.83. The van der Waals surface area contributed by atoms with Crippen LogP contribution in [0.15, 0.2) is 24.3 Å². The Morgan fingerprint density at radius 1 is 1.07 bits per heavy atom. The van der Waals surface area contributed by atoms with E-state index in [1.807, 2.05) is 0 Å². The van der Waals surface area contributed by atoms with Crippen LogP contribution >= 0.6 is 0 Å². The van der Waals surface area contributed by atoms with Crippen molar-refractivity contribution in [3.63, 3.8) is 0 Å². The Hall–Kier alpha value is -2.13. The molecule has 3 amide bonds. The molecule has 2 heterocycles. The Morgan fingerprint density at radius 3 is 2.39 bits per heavy atom. The Kier molecular flexibility index (Phi) is 6.56. The van der Waals surface area contributed by atoms with Crippen LogP contribution in [0.4, 0.5) is 18.0 Å². The van der Waals surface area contributed by atoms with Crippen molar-refractivity contribution in [2.45, 2.75) is 43.9 Å².